The second-order valence-corrected chi connectivity index (χ2v) is 5.25. The van der Waals surface area contributed by atoms with Crippen molar-refractivity contribution in [2.45, 2.75) is 58.3 Å². The van der Waals surface area contributed by atoms with Crippen LogP contribution in [-0.4, -0.2) is 61.1 Å². The molecule has 2 heterocycles. The van der Waals surface area contributed by atoms with Crippen LogP contribution in [0.1, 0.15) is 27.7 Å². The summed E-state index contributed by atoms with van der Waals surface area (Å²) in [6, 6.07) is -0.656. The van der Waals surface area contributed by atoms with E-state index in [2.05, 4.69) is 4.99 Å². The van der Waals surface area contributed by atoms with Gasteiger partial charge in [0.15, 0.2) is 24.1 Å². The first-order valence-corrected chi connectivity index (χ1v) is 7.12. The van der Waals surface area contributed by atoms with Gasteiger partial charge in [0.1, 0.15) is 12.7 Å². The van der Waals surface area contributed by atoms with Crippen LogP contribution in [0.2, 0.25) is 0 Å². The first-order chi connectivity index (χ1) is 10.8. The molecule has 3 unspecified atom stereocenters. The lowest BCUT2D eigenvalue weighted by atomic mass is 9.97. The van der Waals surface area contributed by atoms with Crippen LogP contribution in [0.4, 0.5) is 0 Å². The van der Waals surface area contributed by atoms with Crippen molar-refractivity contribution in [1.82, 2.24) is 0 Å². The molecule has 0 spiro atoms. The average molecular weight is 329 g/mol. The number of carbonyl (C=O) groups excluding carboxylic acids is 3. The highest BCUT2D eigenvalue weighted by atomic mass is 16.7. The molecule has 2 aliphatic heterocycles. The Morgan fingerprint density at radius 3 is 2.22 bits per heavy atom. The highest BCUT2D eigenvalue weighted by molar-refractivity contribution is 5.75. The molecule has 0 aromatic heterocycles. The standard InChI is InChI=1S/C14H19NO8/c1-6-15-11-13(22-9(4)18)12(21-8(3)17)10(5-19-7(2)16)23-14(11)20-6/h10-14H,5H2,1-4H3/t10?,11?,12-,13?,14+/m1/s1. The fraction of sp³-hybridized carbons (Fsp3) is 0.714. The zero-order chi connectivity index (χ0) is 17.1. The van der Waals surface area contributed by atoms with Gasteiger partial charge in [-0.2, -0.15) is 0 Å². The summed E-state index contributed by atoms with van der Waals surface area (Å²) >= 11 is 0. The number of nitrogens with zero attached hydrogens (tertiary/aromatic N) is 1. The van der Waals surface area contributed by atoms with Crippen molar-refractivity contribution in [3.05, 3.63) is 0 Å². The largest absolute Gasteiger partial charge is 0.463 e. The Balaban J connectivity index is 2.26. The van der Waals surface area contributed by atoms with Crippen LogP contribution < -0.4 is 0 Å². The summed E-state index contributed by atoms with van der Waals surface area (Å²) in [7, 11) is 0. The van der Waals surface area contributed by atoms with Crippen molar-refractivity contribution < 1.29 is 38.1 Å². The van der Waals surface area contributed by atoms with Crippen LogP contribution >= 0.6 is 0 Å². The maximum Gasteiger partial charge on any atom is 0.303 e. The molecule has 2 rings (SSSR count). The number of aliphatic imine (C=N–C) groups is 1. The molecule has 0 aliphatic carbocycles. The van der Waals surface area contributed by atoms with Crippen molar-refractivity contribution in [1.29, 1.82) is 0 Å². The van der Waals surface area contributed by atoms with Gasteiger partial charge in [-0.05, 0) is 0 Å². The Bertz CT molecular complexity index is 531. The first-order valence-electron chi connectivity index (χ1n) is 7.12. The Morgan fingerprint density at radius 2 is 1.65 bits per heavy atom. The molecule has 0 amide bonds. The Kier molecular flexibility index (Phi) is 5.19. The van der Waals surface area contributed by atoms with Gasteiger partial charge in [0.05, 0.1) is 0 Å². The summed E-state index contributed by atoms with van der Waals surface area (Å²) in [5.74, 6) is -1.28. The Hall–Kier alpha value is -2.16. The highest BCUT2D eigenvalue weighted by Gasteiger charge is 2.53. The van der Waals surface area contributed by atoms with Crippen molar-refractivity contribution in [3.8, 4) is 0 Å². The third kappa shape index (κ3) is 4.19. The molecule has 2 aliphatic rings. The molecule has 9 heteroatoms. The van der Waals surface area contributed by atoms with Crippen LogP contribution in [0, 0.1) is 0 Å². The molecule has 0 N–H and O–H groups in total. The van der Waals surface area contributed by atoms with Crippen molar-refractivity contribution >= 4 is 23.8 Å². The number of fused-ring (bicyclic) bond motifs is 1. The third-order valence-corrected chi connectivity index (χ3v) is 3.29. The van der Waals surface area contributed by atoms with Gasteiger partial charge in [-0.3, -0.25) is 14.4 Å². The van der Waals surface area contributed by atoms with E-state index < -0.39 is 48.6 Å². The van der Waals surface area contributed by atoms with Crippen molar-refractivity contribution in [2.24, 2.45) is 4.99 Å². The van der Waals surface area contributed by atoms with Crippen LogP contribution in [0.3, 0.4) is 0 Å². The van der Waals surface area contributed by atoms with E-state index in [9.17, 15) is 14.4 Å². The van der Waals surface area contributed by atoms with E-state index in [1.807, 2.05) is 0 Å². The van der Waals surface area contributed by atoms with Gasteiger partial charge in [0.2, 0.25) is 6.29 Å². The second-order valence-electron chi connectivity index (χ2n) is 5.25. The number of hydrogen-bond acceptors (Lipinski definition) is 9. The lowest BCUT2D eigenvalue weighted by molar-refractivity contribution is -0.249. The molecular weight excluding hydrogens is 310 g/mol. The molecule has 0 aromatic carbocycles. The van der Waals surface area contributed by atoms with E-state index in [1.165, 1.54) is 20.8 Å². The number of esters is 3. The van der Waals surface area contributed by atoms with Gasteiger partial charge in [-0.1, -0.05) is 0 Å². The average Bonchev–Trinajstić information content (AvgIpc) is 2.78. The minimum Gasteiger partial charge on any atom is -0.463 e. The summed E-state index contributed by atoms with van der Waals surface area (Å²) in [6.45, 7) is 5.17. The van der Waals surface area contributed by atoms with Gasteiger partial charge >= 0.3 is 17.9 Å². The molecule has 128 valence electrons. The summed E-state index contributed by atoms with van der Waals surface area (Å²) in [6.07, 6.45) is -3.50. The van der Waals surface area contributed by atoms with Crippen LogP contribution in [0.25, 0.3) is 0 Å². The first kappa shape index (κ1) is 17.2. The van der Waals surface area contributed by atoms with E-state index in [4.69, 9.17) is 23.7 Å². The lowest BCUT2D eigenvalue weighted by Gasteiger charge is -2.40. The third-order valence-electron chi connectivity index (χ3n) is 3.29. The summed E-state index contributed by atoms with van der Waals surface area (Å²) in [4.78, 5) is 38.1. The normalized spacial score (nSPS) is 32.2. The van der Waals surface area contributed by atoms with Crippen LogP contribution in [0.5, 0.6) is 0 Å². The van der Waals surface area contributed by atoms with E-state index in [0.29, 0.717) is 5.90 Å². The number of hydrogen-bond donors (Lipinski definition) is 0. The van der Waals surface area contributed by atoms with E-state index in [-0.39, 0.29) is 6.61 Å². The zero-order valence-electron chi connectivity index (χ0n) is 13.3. The van der Waals surface area contributed by atoms with Gasteiger partial charge in [-0.25, -0.2) is 4.99 Å². The van der Waals surface area contributed by atoms with Crippen LogP contribution in [-0.2, 0) is 38.1 Å². The molecule has 0 bridgehead atoms. The number of carbonyl (C=O) groups is 3. The monoisotopic (exact) mass is 329 g/mol. The lowest BCUT2D eigenvalue weighted by Crippen LogP contribution is -2.60. The summed E-state index contributed by atoms with van der Waals surface area (Å²) in [5, 5.41) is 0. The molecule has 0 aromatic rings. The molecule has 1 fully saturated rings. The summed E-state index contributed by atoms with van der Waals surface area (Å²) in [5.41, 5.74) is 0. The van der Waals surface area contributed by atoms with Gasteiger partial charge in [-0.15, -0.1) is 0 Å². The topological polar surface area (TPSA) is 110 Å². The molecule has 5 atom stereocenters. The van der Waals surface area contributed by atoms with Crippen molar-refractivity contribution in [3.63, 3.8) is 0 Å². The minimum absolute atomic E-state index is 0.170. The molecule has 0 saturated carbocycles. The fourth-order valence-corrected chi connectivity index (χ4v) is 2.53. The smallest absolute Gasteiger partial charge is 0.303 e. The quantitative estimate of drug-likeness (QED) is 0.522. The van der Waals surface area contributed by atoms with Crippen molar-refractivity contribution in [2.75, 3.05) is 6.61 Å². The Morgan fingerprint density at radius 1 is 1.04 bits per heavy atom. The van der Waals surface area contributed by atoms with Crippen LogP contribution in [0.15, 0.2) is 4.99 Å². The molecule has 1 saturated heterocycles. The maximum atomic E-state index is 11.4. The van der Waals surface area contributed by atoms with Gasteiger partial charge < -0.3 is 23.7 Å². The molecule has 9 nitrogen and oxygen atoms in total. The van der Waals surface area contributed by atoms with Gasteiger partial charge in [0, 0.05) is 27.7 Å². The van der Waals surface area contributed by atoms with Gasteiger partial charge in [0.25, 0.3) is 0 Å². The molecule has 23 heavy (non-hydrogen) atoms. The highest BCUT2D eigenvalue weighted by Crippen LogP contribution is 2.32. The van der Waals surface area contributed by atoms with E-state index >= 15 is 0 Å². The zero-order valence-corrected chi connectivity index (χ0v) is 13.3. The summed E-state index contributed by atoms with van der Waals surface area (Å²) < 4.78 is 26.5. The SMILES string of the molecule is CC(=O)OCC1O[C@@H]2OC(C)=NC2C(OC(C)=O)[C@@H]1OC(C)=O. The maximum absolute atomic E-state index is 11.4. The number of ether oxygens (including phenoxy) is 5. The van der Waals surface area contributed by atoms with E-state index in [1.54, 1.807) is 6.92 Å². The fourth-order valence-electron chi connectivity index (χ4n) is 2.53. The van der Waals surface area contributed by atoms with E-state index in [0.717, 1.165) is 0 Å². The number of rotatable bonds is 4. The molecular formula is C14H19NO8. The predicted octanol–water partition coefficient (Wildman–Crippen LogP) is -0.0450. The Labute approximate surface area is 132 Å². The second kappa shape index (κ2) is 6.95. The predicted molar refractivity (Wildman–Crippen MR) is 74.4 cm³/mol. The molecule has 0 radical (unpaired) electrons. The minimum atomic E-state index is -0.963.